The molecule has 1 aromatic heterocycles. The number of hydrogen-bond acceptors (Lipinski definition) is 4. The molecule has 0 bridgehead atoms. The van der Waals surface area contributed by atoms with Gasteiger partial charge in [0.25, 0.3) is 0 Å². The Morgan fingerprint density at radius 3 is 3.17 bits per heavy atom. The Morgan fingerprint density at radius 1 is 1.92 bits per heavy atom. The van der Waals surface area contributed by atoms with E-state index in [-0.39, 0.29) is 6.61 Å². The predicted molar refractivity (Wildman–Crippen MR) is 40.1 cm³/mol. The zero-order chi connectivity index (χ0) is 8.97. The van der Waals surface area contributed by atoms with Crippen LogP contribution < -0.4 is 0 Å². The molecular formula is C7H10N2O3. The number of ether oxygens (including phenoxy) is 1. The number of imidazole rings is 1. The van der Waals surface area contributed by atoms with E-state index in [4.69, 9.17) is 5.11 Å². The highest BCUT2D eigenvalue weighted by Crippen LogP contribution is 1.94. The number of nitrogens with zero attached hydrogens (tertiary/aromatic N) is 1. The van der Waals surface area contributed by atoms with Crippen molar-refractivity contribution in [2.45, 2.75) is 19.6 Å². The van der Waals surface area contributed by atoms with E-state index >= 15 is 0 Å². The fraction of sp³-hybridized carbons (Fsp3) is 0.429. The number of carbonyl (C=O) groups excluding carboxylic acids is 1. The van der Waals surface area contributed by atoms with Crippen LogP contribution in [0.1, 0.15) is 12.7 Å². The zero-order valence-corrected chi connectivity index (χ0v) is 6.65. The minimum atomic E-state index is -1.08. The number of aliphatic hydroxyl groups excluding tert-OH is 1. The normalized spacial score (nSPS) is 12.5. The van der Waals surface area contributed by atoms with Crippen LogP contribution in [-0.2, 0) is 16.1 Å². The first-order valence-corrected chi connectivity index (χ1v) is 3.53. The van der Waals surface area contributed by atoms with E-state index in [1.807, 2.05) is 0 Å². The molecule has 66 valence electrons. The molecule has 0 saturated heterocycles. The third kappa shape index (κ3) is 2.35. The van der Waals surface area contributed by atoms with Gasteiger partial charge in [0.1, 0.15) is 18.5 Å². The predicted octanol–water partition coefficient (Wildman–Crippen LogP) is -0.166. The number of aromatic nitrogens is 2. The van der Waals surface area contributed by atoms with Gasteiger partial charge in [-0.05, 0) is 6.92 Å². The van der Waals surface area contributed by atoms with E-state index in [0.29, 0.717) is 5.82 Å². The number of nitrogens with one attached hydrogen (secondary N) is 1. The highest BCUT2D eigenvalue weighted by Gasteiger charge is 2.10. The summed E-state index contributed by atoms with van der Waals surface area (Å²) in [6.07, 6.45) is 2.11. The van der Waals surface area contributed by atoms with Crippen LogP contribution in [0.25, 0.3) is 0 Å². The molecule has 12 heavy (non-hydrogen) atoms. The number of hydrogen-bond donors (Lipinski definition) is 2. The molecule has 0 amide bonds. The quantitative estimate of drug-likeness (QED) is 0.618. The standard InChI is InChI=1S/C7H10N2O3/c1-5(10)7(11)12-4-6-8-2-3-9-6/h2-3,5,10H,4H2,1H3,(H,8,9)/t5-/m0/s1. The Kier molecular flexibility index (Phi) is 2.82. The van der Waals surface area contributed by atoms with Gasteiger partial charge in [0.2, 0.25) is 0 Å². The van der Waals surface area contributed by atoms with E-state index < -0.39 is 12.1 Å². The minimum absolute atomic E-state index is 0.0662. The second-order valence-electron chi connectivity index (χ2n) is 2.32. The third-order valence-corrected chi connectivity index (χ3v) is 1.25. The molecule has 0 fully saturated rings. The number of aliphatic hydroxyl groups is 1. The van der Waals surface area contributed by atoms with Gasteiger partial charge in [0.05, 0.1) is 0 Å². The van der Waals surface area contributed by atoms with Crippen LogP contribution in [-0.4, -0.2) is 27.1 Å². The first-order valence-electron chi connectivity index (χ1n) is 3.53. The maximum atomic E-state index is 10.7. The van der Waals surface area contributed by atoms with Crippen molar-refractivity contribution in [3.8, 4) is 0 Å². The van der Waals surface area contributed by atoms with Gasteiger partial charge >= 0.3 is 5.97 Å². The Hall–Kier alpha value is -1.36. The largest absolute Gasteiger partial charge is 0.456 e. The average molecular weight is 170 g/mol. The van der Waals surface area contributed by atoms with Gasteiger partial charge < -0.3 is 14.8 Å². The summed E-state index contributed by atoms with van der Waals surface area (Å²) >= 11 is 0. The zero-order valence-electron chi connectivity index (χ0n) is 6.65. The maximum Gasteiger partial charge on any atom is 0.335 e. The molecule has 0 spiro atoms. The maximum absolute atomic E-state index is 10.7. The van der Waals surface area contributed by atoms with Crippen LogP contribution in [0, 0.1) is 0 Å². The third-order valence-electron chi connectivity index (χ3n) is 1.25. The van der Waals surface area contributed by atoms with E-state index in [9.17, 15) is 4.79 Å². The summed E-state index contributed by atoms with van der Waals surface area (Å²) in [5.41, 5.74) is 0. The molecule has 0 unspecified atom stereocenters. The number of rotatable bonds is 3. The van der Waals surface area contributed by atoms with Gasteiger partial charge in [-0.2, -0.15) is 0 Å². The van der Waals surface area contributed by atoms with Gasteiger partial charge in [-0.3, -0.25) is 0 Å². The molecule has 1 rings (SSSR count). The van der Waals surface area contributed by atoms with Gasteiger partial charge in [0, 0.05) is 12.4 Å². The first-order chi connectivity index (χ1) is 5.70. The molecule has 0 aliphatic heterocycles. The molecule has 1 heterocycles. The fourth-order valence-corrected chi connectivity index (χ4v) is 0.637. The van der Waals surface area contributed by atoms with E-state index in [1.165, 1.54) is 6.92 Å². The Morgan fingerprint density at radius 2 is 2.67 bits per heavy atom. The van der Waals surface area contributed by atoms with Crippen molar-refractivity contribution in [1.82, 2.24) is 9.97 Å². The molecule has 0 saturated carbocycles. The van der Waals surface area contributed by atoms with Crippen LogP contribution >= 0.6 is 0 Å². The van der Waals surface area contributed by atoms with Crippen molar-refractivity contribution in [2.24, 2.45) is 0 Å². The van der Waals surface area contributed by atoms with Crippen molar-refractivity contribution < 1.29 is 14.6 Å². The smallest absolute Gasteiger partial charge is 0.335 e. The summed E-state index contributed by atoms with van der Waals surface area (Å²) in [4.78, 5) is 17.3. The molecular weight excluding hydrogens is 160 g/mol. The lowest BCUT2D eigenvalue weighted by molar-refractivity contribution is -0.154. The Labute approximate surface area is 69.4 Å². The van der Waals surface area contributed by atoms with Crippen molar-refractivity contribution in [3.63, 3.8) is 0 Å². The van der Waals surface area contributed by atoms with Gasteiger partial charge in [-0.25, -0.2) is 9.78 Å². The molecule has 0 radical (unpaired) electrons. The molecule has 1 atom stereocenters. The van der Waals surface area contributed by atoms with Crippen LogP contribution in [0.15, 0.2) is 12.4 Å². The lowest BCUT2D eigenvalue weighted by Crippen LogP contribution is -2.19. The van der Waals surface area contributed by atoms with Crippen LogP contribution in [0.3, 0.4) is 0 Å². The van der Waals surface area contributed by atoms with Crippen molar-refractivity contribution in [3.05, 3.63) is 18.2 Å². The highest BCUT2D eigenvalue weighted by molar-refractivity contribution is 5.73. The summed E-state index contributed by atoms with van der Waals surface area (Å²) in [7, 11) is 0. The minimum Gasteiger partial charge on any atom is -0.456 e. The van der Waals surface area contributed by atoms with Crippen molar-refractivity contribution >= 4 is 5.97 Å². The van der Waals surface area contributed by atoms with Crippen LogP contribution in [0.2, 0.25) is 0 Å². The number of H-pyrrole nitrogens is 1. The molecule has 1 aromatic rings. The Balaban J connectivity index is 2.32. The fourth-order valence-electron chi connectivity index (χ4n) is 0.637. The SMILES string of the molecule is C[C@H](O)C(=O)OCc1ncc[nH]1. The van der Waals surface area contributed by atoms with Crippen molar-refractivity contribution in [1.29, 1.82) is 0 Å². The molecule has 2 N–H and O–H groups in total. The molecule has 0 aliphatic rings. The topological polar surface area (TPSA) is 75.2 Å². The molecule has 0 aliphatic carbocycles. The summed E-state index contributed by atoms with van der Waals surface area (Å²) < 4.78 is 4.67. The van der Waals surface area contributed by atoms with Gasteiger partial charge in [-0.1, -0.05) is 0 Å². The van der Waals surface area contributed by atoms with Gasteiger partial charge in [0.15, 0.2) is 0 Å². The second kappa shape index (κ2) is 3.87. The Bertz CT molecular complexity index is 243. The molecule has 5 heteroatoms. The number of aromatic amines is 1. The van der Waals surface area contributed by atoms with Crippen LogP contribution in [0.5, 0.6) is 0 Å². The second-order valence-corrected chi connectivity index (χ2v) is 2.32. The first kappa shape index (κ1) is 8.73. The van der Waals surface area contributed by atoms with Crippen LogP contribution in [0.4, 0.5) is 0 Å². The summed E-state index contributed by atoms with van der Waals surface area (Å²) in [5, 5.41) is 8.74. The lowest BCUT2D eigenvalue weighted by atomic mass is 10.4. The van der Waals surface area contributed by atoms with Crippen molar-refractivity contribution in [2.75, 3.05) is 0 Å². The van der Waals surface area contributed by atoms with Gasteiger partial charge in [-0.15, -0.1) is 0 Å². The molecule has 5 nitrogen and oxygen atoms in total. The molecule has 0 aromatic carbocycles. The average Bonchev–Trinajstić information content (AvgIpc) is 2.51. The highest BCUT2D eigenvalue weighted by atomic mass is 16.5. The van der Waals surface area contributed by atoms with E-state index in [2.05, 4.69) is 14.7 Å². The number of carbonyl (C=O) groups is 1. The van der Waals surface area contributed by atoms with E-state index in [1.54, 1.807) is 12.4 Å². The number of esters is 1. The summed E-state index contributed by atoms with van der Waals surface area (Å²) in [5.74, 6) is -0.0876. The lowest BCUT2D eigenvalue weighted by Gasteiger charge is -2.03. The summed E-state index contributed by atoms with van der Waals surface area (Å²) in [6, 6.07) is 0. The summed E-state index contributed by atoms with van der Waals surface area (Å²) in [6.45, 7) is 1.42. The monoisotopic (exact) mass is 170 g/mol. The van der Waals surface area contributed by atoms with E-state index in [0.717, 1.165) is 0 Å².